The second-order valence-corrected chi connectivity index (χ2v) is 5.27. The molecular formula is C18H17N3O. The molecule has 0 bridgehead atoms. The molecule has 4 heteroatoms. The number of hydrogen-bond acceptors (Lipinski definition) is 2. The molecule has 4 nitrogen and oxygen atoms in total. The number of rotatable bonds is 4. The van der Waals surface area contributed by atoms with Gasteiger partial charge < -0.3 is 5.32 Å². The third-order valence-corrected chi connectivity index (χ3v) is 3.49. The first-order chi connectivity index (χ1) is 10.7. The number of carbonyl (C=O) groups is 1. The van der Waals surface area contributed by atoms with Crippen molar-refractivity contribution in [1.82, 2.24) is 10.2 Å². The summed E-state index contributed by atoms with van der Waals surface area (Å²) in [5.41, 5.74) is 5.09. The summed E-state index contributed by atoms with van der Waals surface area (Å²) in [6.07, 6.45) is 3.99. The van der Waals surface area contributed by atoms with Crippen LogP contribution in [-0.2, 0) is 11.2 Å². The molecule has 0 aliphatic heterocycles. The summed E-state index contributed by atoms with van der Waals surface area (Å²) >= 11 is 0. The van der Waals surface area contributed by atoms with Crippen LogP contribution < -0.4 is 5.32 Å². The molecule has 22 heavy (non-hydrogen) atoms. The van der Waals surface area contributed by atoms with E-state index in [0.29, 0.717) is 6.42 Å². The first kappa shape index (κ1) is 14.1. The van der Waals surface area contributed by atoms with E-state index < -0.39 is 0 Å². The summed E-state index contributed by atoms with van der Waals surface area (Å²) in [5.74, 6) is -0.0140. The molecule has 0 atom stereocenters. The lowest BCUT2D eigenvalue weighted by Crippen LogP contribution is -2.14. The zero-order valence-corrected chi connectivity index (χ0v) is 12.3. The van der Waals surface area contributed by atoms with E-state index >= 15 is 0 Å². The number of nitrogens with zero attached hydrogens (tertiary/aromatic N) is 1. The minimum atomic E-state index is -0.0140. The number of benzene rings is 2. The molecule has 2 N–H and O–H groups in total. The second kappa shape index (κ2) is 6.26. The molecule has 0 fully saturated rings. The number of aryl methyl sites for hydroxylation is 1. The van der Waals surface area contributed by atoms with Crippen LogP contribution in [0, 0.1) is 6.92 Å². The number of anilines is 1. The Hall–Kier alpha value is -2.88. The van der Waals surface area contributed by atoms with Gasteiger partial charge in [0.25, 0.3) is 0 Å². The number of aromatic nitrogens is 2. The zero-order chi connectivity index (χ0) is 15.4. The summed E-state index contributed by atoms with van der Waals surface area (Å²) in [7, 11) is 0. The van der Waals surface area contributed by atoms with Crippen LogP contribution in [0.4, 0.5) is 5.69 Å². The van der Waals surface area contributed by atoms with E-state index in [0.717, 1.165) is 22.4 Å². The molecule has 0 radical (unpaired) electrons. The molecule has 0 spiro atoms. The van der Waals surface area contributed by atoms with Crippen LogP contribution in [0.1, 0.15) is 11.1 Å². The van der Waals surface area contributed by atoms with Crippen molar-refractivity contribution in [2.45, 2.75) is 13.3 Å². The molecule has 1 heterocycles. The molecule has 0 aliphatic carbocycles. The number of nitrogens with one attached hydrogen (secondary N) is 2. The highest BCUT2D eigenvalue weighted by atomic mass is 16.1. The van der Waals surface area contributed by atoms with Crippen LogP contribution in [0.25, 0.3) is 11.1 Å². The highest BCUT2D eigenvalue weighted by Crippen LogP contribution is 2.20. The van der Waals surface area contributed by atoms with Crippen LogP contribution in [0.2, 0.25) is 0 Å². The summed E-state index contributed by atoms with van der Waals surface area (Å²) in [6.45, 7) is 2.03. The number of hydrogen-bond donors (Lipinski definition) is 2. The fraction of sp³-hybridized carbons (Fsp3) is 0.111. The largest absolute Gasteiger partial charge is 0.326 e. The molecule has 3 rings (SSSR count). The topological polar surface area (TPSA) is 57.8 Å². The predicted octanol–water partition coefficient (Wildman–Crippen LogP) is 3.57. The molecule has 0 aliphatic rings. The highest BCUT2D eigenvalue weighted by Gasteiger charge is 2.05. The monoisotopic (exact) mass is 291 g/mol. The van der Waals surface area contributed by atoms with Crippen molar-refractivity contribution in [1.29, 1.82) is 0 Å². The Morgan fingerprint density at radius 1 is 1.05 bits per heavy atom. The molecule has 3 aromatic rings. The van der Waals surface area contributed by atoms with E-state index in [4.69, 9.17) is 0 Å². The summed E-state index contributed by atoms with van der Waals surface area (Å²) < 4.78 is 0. The number of amides is 1. The summed E-state index contributed by atoms with van der Waals surface area (Å²) in [5, 5.41) is 9.63. The van der Waals surface area contributed by atoms with Crippen molar-refractivity contribution >= 4 is 11.6 Å². The summed E-state index contributed by atoms with van der Waals surface area (Å²) in [4.78, 5) is 12.1. The Morgan fingerprint density at radius 3 is 2.41 bits per heavy atom. The average Bonchev–Trinajstić information content (AvgIpc) is 3.05. The molecule has 1 amide bonds. The van der Waals surface area contributed by atoms with Gasteiger partial charge in [0.1, 0.15) is 0 Å². The second-order valence-electron chi connectivity index (χ2n) is 5.27. The molecule has 0 unspecified atom stereocenters. The van der Waals surface area contributed by atoms with E-state index in [-0.39, 0.29) is 5.91 Å². The molecule has 1 aromatic heterocycles. The maximum Gasteiger partial charge on any atom is 0.228 e. The van der Waals surface area contributed by atoms with Gasteiger partial charge in [-0.3, -0.25) is 9.89 Å². The van der Waals surface area contributed by atoms with Gasteiger partial charge in [0.2, 0.25) is 5.91 Å². The van der Waals surface area contributed by atoms with E-state index in [1.165, 1.54) is 5.56 Å². The average molecular weight is 291 g/mol. The van der Waals surface area contributed by atoms with Crippen LogP contribution in [0.15, 0.2) is 60.9 Å². The maximum absolute atomic E-state index is 12.1. The Kier molecular flexibility index (Phi) is 4.01. The summed E-state index contributed by atoms with van der Waals surface area (Å²) in [6, 6.07) is 15.7. The zero-order valence-electron chi connectivity index (χ0n) is 12.3. The van der Waals surface area contributed by atoms with Gasteiger partial charge in [-0.05, 0) is 30.2 Å². The van der Waals surface area contributed by atoms with Gasteiger partial charge in [0.05, 0.1) is 12.6 Å². The third-order valence-electron chi connectivity index (χ3n) is 3.49. The number of H-pyrrole nitrogens is 1. The van der Waals surface area contributed by atoms with Gasteiger partial charge in [-0.15, -0.1) is 0 Å². The van der Waals surface area contributed by atoms with Gasteiger partial charge in [0.15, 0.2) is 0 Å². The van der Waals surface area contributed by atoms with E-state index in [1.54, 1.807) is 6.20 Å². The number of carbonyl (C=O) groups excluding carboxylic acids is 1. The van der Waals surface area contributed by atoms with E-state index in [1.807, 2.05) is 61.7 Å². The first-order valence-electron chi connectivity index (χ1n) is 7.15. The van der Waals surface area contributed by atoms with E-state index in [2.05, 4.69) is 15.5 Å². The standard InChI is InChI=1S/C18H17N3O/c1-13-2-4-14(5-3-13)10-18(22)21-17-8-6-15(7-9-17)16-11-19-20-12-16/h2-9,11-12H,10H2,1H3,(H,19,20)(H,21,22). The Bertz CT molecular complexity index is 744. The van der Waals surface area contributed by atoms with Gasteiger partial charge in [-0.25, -0.2) is 0 Å². The van der Waals surface area contributed by atoms with Crippen LogP contribution in [-0.4, -0.2) is 16.1 Å². The predicted molar refractivity (Wildman–Crippen MR) is 87.5 cm³/mol. The van der Waals surface area contributed by atoms with Crippen molar-refractivity contribution in [2.75, 3.05) is 5.32 Å². The molecule has 0 saturated carbocycles. The lowest BCUT2D eigenvalue weighted by molar-refractivity contribution is -0.115. The quantitative estimate of drug-likeness (QED) is 0.772. The fourth-order valence-electron chi connectivity index (χ4n) is 2.25. The number of aromatic amines is 1. The Labute approximate surface area is 129 Å². The van der Waals surface area contributed by atoms with Gasteiger partial charge >= 0.3 is 0 Å². The van der Waals surface area contributed by atoms with Crippen molar-refractivity contribution in [2.24, 2.45) is 0 Å². The fourth-order valence-corrected chi connectivity index (χ4v) is 2.25. The van der Waals surface area contributed by atoms with Crippen LogP contribution in [0.5, 0.6) is 0 Å². The Balaban J connectivity index is 1.63. The normalized spacial score (nSPS) is 10.4. The van der Waals surface area contributed by atoms with Crippen molar-refractivity contribution in [3.8, 4) is 11.1 Å². The van der Waals surface area contributed by atoms with Gasteiger partial charge in [0, 0.05) is 17.4 Å². The molecule has 0 saturated heterocycles. The smallest absolute Gasteiger partial charge is 0.228 e. The minimum Gasteiger partial charge on any atom is -0.326 e. The first-order valence-corrected chi connectivity index (χ1v) is 7.15. The molecule has 2 aromatic carbocycles. The van der Waals surface area contributed by atoms with E-state index in [9.17, 15) is 4.79 Å². The van der Waals surface area contributed by atoms with Crippen LogP contribution >= 0.6 is 0 Å². The minimum absolute atomic E-state index is 0.0140. The third kappa shape index (κ3) is 3.41. The SMILES string of the molecule is Cc1ccc(CC(=O)Nc2ccc(-c3cn[nH]c3)cc2)cc1. The van der Waals surface area contributed by atoms with Crippen LogP contribution in [0.3, 0.4) is 0 Å². The van der Waals surface area contributed by atoms with Crippen molar-refractivity contribution < 1.29 is 4.79 Å². The Morgan fingerprint density at radius 2 is 1.77 bits per heavy atom. The lowest BCUT2D eigenvalue weighted by atomic mass is 10.1. The van der Waals surface area contributed by atoms with Gasteiger partial charge in [-0.1, -0.05) is 42.0 Å². The van der Waals surface area contributed by atoms with Crippen molar-refractivity contribution in [3.05, 3.63) is 72.1 Å². The van der Waals surface area contributed by atoms with Crippen molar-refractivity contribution in [3.63, 3.8) is 0 Å². The maximum atomic E-state index is 12.1. The lowest BCUT2D eigenvalue weighted by Gasteiger charge is -2.06. The highest BCUT2D eigenvalue weighted by molar-refractivity contribution is 5.92. The van der Waals surface area contributed by atoms with Gasteiger partial charge in [-0.2, -0.15) is 5.10 Å². The molecule has 110 valence electrons. The molecular weight excluding hydrogens is 274 g/mol.